The molecule has 1 aliphatic rings. The van der Waals surface area contributed by atoms with Crippen molar-refractivity contribution >= 4 is 34.0 Å². The molecule has 1 saturated heterocycles. The lowest BCUT2D eigenvalue weighted by atomic mass is 9.94. The van der Waals surface area contributed by atoms with Crippen molar-refractivity contribution in [3.63, 3.8) is 0 Å². The molecule has 2 rings (SSSR count). The fourth-order valence-electron chi connectivity index (χ4n) is 2.03. The molecule has 1 heterocycles. The van der Waals surface area contributed by atoms with Crippen molar-refractivity contribution in [2.75, 3.05) is 24.3 Å². The van der Waals surface area contributed by atoms with Crippen LogP contribution in [0.15, 0.2) is 12.1 Å². The molecule has 1 aliphatic heterocycles. The third-order valence-corrected chi connectivity index (χ3v) is 3.79. The Morgan fingerprint density at radius 2 is 2.29 bits per heavy atom. The first kappa shape index (κ1) is 12.9. The Kier molecular flexibility index (Phi) is 3.77. The Hall–Kier alpha value is -0.560. The van der Waals surface area contributed by atoms with Gasteiger partial charge in [-0.15, -0.1) is 0 Å². The zero-order chi connectivity index (χ0) is 12.5. The molecule has 0 radical (unpaired) electrons. The van der Waals surface area contributed by atoms with Gasteiger partial charge in [-0.2, -0.15) is 0 Å². The van der Waals surface area contributed by atoms with Crippen molar-refractivity contribution in [1.82, 2.24) is 0 Å². The molecule has 0 spiro atoms. The molecule has 1 atom stereocenters. The summed E-state index contributed by atoms with van der Waals surface area (Å²) in [7, 11) is 0. The number of anilines is 2. The summed E-state index contributed by atoms with van der Waals surface area (Å²) < 4.78 is 19.5. The van der Waals surface area contributed by atoms with Gasteiger partial charge in [-0.3, -0.25) is 0 Å². The summed E-state index contributed by atoms with van der Waals surface area (Å²) in [6.45, 7) is 3.50. The van der Waals surface area contributed by atoms with Crippen LogP contribution in [0.25, 0.3) is 0 Å². The maximum Gasteiger partial charge on any atom is 0.138 e. The van der Waals surface area contributed by atoms with E-state index in [-0.39, 0.29) is 11.4 Å². The van der Waals surface area contributed by atoms with Crippen LogP contribution in [-0.4, -0.2) is 18.8 Å². The number of halogens is 2. The lowest BCUT2D eigenvalue weighted by molar-refractivity contribution is 0.0540. The third-order valence-electron chi connectivity index (χ3n) is 2.97. The van der Waals surface area contributed by atoms with Crippen LogP contribution in [-0.2, 0) is 4.74 Å². The third kappa shape index (κ3) is 3.01. The fraction of sp³-hybridized carbons (Fsp3) is 0.500. The summed E-state index contributed by atoms with van der Waals surface area (Å²) in [6.07, 6.45) is 2.01. The van der Waals surface area contributed by atoms with Crippen molar-refractivity contribution < 1.29 is 9.13 Å². The highest BCUT2D eigenvalue weighted by atomic mass is 127. The average Bonchev–Trinajstić information content (AvgIpc) is 2.26. The number of benzene rings is 1. The Bertz CT molecular complexity index is 419. The zero-order valence-corrected chi connectivity index (χ0v) is 11.9. The molecule has 0 aliphatic carbocycles. The maximum atomic E-state index is 13.5. The van der Waals surface area contributed by atoms with Crippen LogP contribution >= 0.6 is 22.6 Å². The monoisotopic (exact) mass is 350 g/mol. The quantitative estimate of drug-likeness (QED) is 0.637. The predicted molar refractivity (Wildman–Crippen MR) is 75.6 cm³/mol. The van der Waals surface area contributed by atoms with Gasteiger partial charge in [0.25, 0.3) is 0 Å². The second-order valence-electron chi connectivity index (χ2n) is 4.70. The topological polar surface area (TPSA) is 47.3 Å². The standard InChI is InChI=1S/C12H16FIN2O/c1-12(3-2-4-17-7-12)16-11-5-8(13)9(14)6-10(11)15/h5-6,16H,2-4,7,15H2,1H3. The molecule has 1 unspecified atom stereocenters. The van der Waals surface area contributed by atoms with Crippen molar-refractivity contribution in [2.45, 2.75) is 25.3 Å². The first-order valence-corrected chi connectivity index (χ1v) is 6.68. The fourth-order valence-corrected chi connectivity index (χ4v) is 2.52. The van der Waals surface area contributed by atoms with Gasteiger partial charge in [-0.1, -0.05) is 0 Å². The number of hydrogen-bond acceptors (Lipinski definition) is 3. The Morgan fingerprint density at radius 3 is 2.94 bits per heavy atom. The second kappa shape index (κ2) is 4.97. The summed E-state index contributed by atoms with van der Waals surface area (Å²) in [5.41, 5.74) is 6.95. The van der Waals surface area contributed by atoms with Crippen LogP contribution in [0.4, 0.5) is 15.8 Å². The number of rotatable bonds is 2. The lowest BCUT2D eigenvalue weighted by Crippen LogP contribution is -2.43. The summed E-state index contributed by atoms with van der Waals surface area (Å²) in [5.74, 6) is -0.248. The van der Waals surface area contributed by atoms with Crippen LogP contribution in [0.3, 0.4) is 0 Å². The molecule has 0 bridgehead atoms. The number of nitrogen functional groups attached to an aromatic ring is 1. The molecular formula is C12H16FIN2O. The van der Waals surface area contributed by atoms with Gasteiger partial charge in [0.15, 0.2) is 0 Å². The van der Waals surface area contributed by atoms with Gasteiger partial charge >= 0.3 is 0 Å². The smallest absolute Gasteiger partial charge is 0.138 e. The van der Waals surface area contributed by atoms with E-state index in [1.165, 1.54) is 6.07 Å². The maximum absolute atomic E-state index is 13.5. The largest absolute Gasteiger partial charge is 0.397 e. The van der Waals surface area contributed by atoms with E-state index in [0.717, 1.165) is 19.4 Å². The predicted octanol–water partition coefficient (Wildman–Crippen LogP) is 2.99. The van der Waals surface area contributed by atoms with Crippen LogP contribution in [0.5, 0.6) is 0 Å². The van der Waals surface area contributed by atoms with Crippen molar-refractivity contribution in [3.05, 3.63) is 21.5 Å². The normalized spacial score (nSPS) is 24.6. The molecule has 3 nitrogen and oxygen atoms in total. The number of hydrogen-bond donors (Lipinski definition) is 2. The van der Waals surface area contributed by atoms with Crippen molar-refractivity contribution in [1.29, 1.82) is 0 Å². The molecule has 94 valence electrons. The summed E-state index contributed by atoms with van der Waals surface area (Å²) >= 11 is 1.93. The van der Waals surface area contributed by atoms with Crippen LogP contribution in [0, 0.1) is 9.39 Å². The molecule has 1 aromatic carbocycles. The highest BCUT2D eigenvalue weighted by Gasteiger charge is 2.28. The first-order chi connectivity index (χ1) is 8.00. The summed E-state index contributed by atoms with van der Waals surface area (Å²) in [4.78, 5) is 0. The van der Waals surface area contributed by atoms with Gasteiger partial charge in [-0.25, -0.2) is 4.39 Å². The minimum atomic E-state index is -0.248. The van der Waals surface area contributed by atoms with Gasteiger partial charge in [-0.05, 0) is 48.4 Å². The molecule has 1 aromatic rings. The van der Waals surface area contributed by atoms with Crippen LogP contribution in [0.1, 0.15) is 19.8 Å². The van der Waals surface area contributed by atoms with E-state index in [2.05, 4.69) is 12.2 Å². The lowest BCUT2D eigenvalue weighted by Gasteiger charge is -2.35. The van der Waals surface area contributed by atoms with E-state index in [1.54, 1.807) is 6.07 Å². The summed E-state index contributed by atoms with van der Waals surface area (Å²) in [6, 6.07) is 3.10. The van der Waals surface area contributed by atoms with Gasteiger partial charge in [0.2, 0.25) is 0 Å². The molecule has 5 heteroatoms. The van der Waals surface area contributed by atoms with E-state index in [4.69, 9.17) is 10.5 Å². The Balaban J connectivity index is 2.20. The summed E-state index contributed by atoms with van der Waals surface area (Å²) in [5, 5.41) is 3.30. The Morgan fingerprint density at radius 1 is 1.53 bits per heavy atom. The van der Waals surface area contributed by atoms with E-state index in [1.807, 2.05) is 22.6 Å². The number of nitrogens with two attached hydrogens (primary N) is 1. The van der Waals surface area contributed by atoms with Crippen LogP contribution < -0.4 is 11.1 Å². The molecule has 1 fully saturated rings. The second-order valence-corrected chi connectivity index (χ2v) is 5.86. The van der Waals surface area contributed by atoms with Gasteiger partial charge in [0.1, 0.15) is 5.82 Å². The highest BCUT2D eigenvalue weighted by Crippen LogP contribution is 2.29. The minimum absolute atomic E-state index is 0.161. The molecule has 3 N–H and O–H groups in total. The average molecular weight is 350 g/mol. The van der Waals surface area contributed by atoms with E-state index >= 15 is 0 Å². The molecule has 0 aromatic heterocycles. The number of nitrogens with one attached hydrogen (secondary N) is 1. The Labute approximate surface area is 114 Å². The number of ether oxygens (including phenoxy) is 1. The first-order valence-electron chi connectivity index (χ1n) is 5.61. The molecular weight excluding hydrogens is 334 g/mol. The van der Waals surface area contributed by atoms with Crippen LogP contribution in [0.2, 0.25) is 0 Å². The molecule has 0 saturated carbocycles. The van der Waals surface area contributed by atoms with Gasteiger partial charge < -0.3 is 15.8 Å². The van der Waals surface area contributed by atoms with E-state index in [9.17, 15) is 4.39 Å². The van der Waals surface area contributed by atoms with Crippen molar-refractivity contribution in [3.8, 4) is 0 Å². The highest BCUT2D eigenvalue weighted by molar-refractivity contribution is 14.1. The minimum Gasteiger partial charge on any atom is -0.397 e. The molecule has 17 heavy (non-hydrogen) atoms. The van der Waals surface area contributed by atoms with E-state index in [0.29, 0.717) is 21.6 Å². The van der Waals surface area contributed by atoms with Gasteiger partial charge in [0.05, 0.1) is 27.1 Å². The van der Waals surface area contributed by atoms with Gasteiger partial charge in [0, 0.05) is 12.7 Å². The zero-order valence-electron chi connectivity index (χ0n) is 9.72. The van der Waals surface area contributed by atoms with E-state index < -0.39 is 0 Å². The van der Waals surface area contributed by atoms with Crippen molar-refractivity contribution in [2.24, 2.45) is 0 Å². The molecule has 0 amide bonds. The SMILES string of the molecule is CC1(Nc2cc(F)c(I)cc2N)CCCOC1.